The third kappa shape index (κ3) is 3.19. The fraction of sp³-hybridized carbons (Fsp3) is 0.235. The summed E-state index contributed by atoms with van der Waals surface area (Å²) in [5.41, 5.74) is 2.25. The lowest BCUT2D eigenvalue weighted by Gasteiger charge is -2.12. The largest absolute Gasteiger partial charge is 0.496 e. The highest BCUT2D eigenvalue weighted by molar-refractivity contribution is 6.31. The fourth-order valence-electron chi connectivity index (χ4n) is 2.34. The van der Waals surface area contributed by atoms with Gasteiger partial charge in [-0.25, -0.2) is 0 Å². The second-order valence-electron chi connectivity index (χ2n) is 5.16. The minimum absolute atomic E-state index is 0.180. The van der Waals surface area contributed by atoms with Gasteiger partial charge in [0.2, 0.25) is 6.79 Å². The predicted molar refractivity (Wildman–Crippen MR) is 86.5 cm³/mol. The van der Waals surface area contributed by atoms with Gasteiger partial charge in [-0.3, -0.25) is 4.79 Å². The van der Waals surface area contributed by atoms with Gasteiger partial charge in [-0.2, -0.15) is 0 Å². The molecule has 3 rings (SSSR count). The Kier molecular flexibility index (Phi) is 4.30. The Balaban J connectivity index is 1.73. The maximum Gasteiger partial charge on any atom is 0.251 e. The number of aryl methyl sites for hydroxylation is 1. The van der Waals surface area contributed by atoms with Gasteiger partial charge in [0.1, 0.15) is 5.75 Å². The zero-order valence-electron chi connectivity index (χ0n) is 12.8. The highest BCUT2D eigenvalue weighted by Crippen LogP contribution is 2.32. The number of halogens is 1. The third-order valence-electron chi connectivity index (χ3n) is 3.64. The molecule has 120 valence electrons. The Labute approximate surface area is 139 Å². The van der Waals surface area contributed by atoms with Crippen molar-refractivity contribution < 1.29 is 19.0 Å². The standard InChI is InChI=1S/C17H16ClNO4/c1-10-5-15(21-2)12(6-13(10)18)8-19-17(20)11-3-4-14-16(7-11)23-9-22-14/h3-7H,8-9H2,1-2H3,(H,19,20). The summed E-state index contributed by atoms with van der Waals surface area (Å²) in [6.45, 7) is 2.40. The Morgan fingerprint density at radius 2 is 2.04 bits per heavy atom. The molecule has 2 aromatic rings. The zero-order chi connectivity index (χ0) is 16.4. The Morgan fingerprint density at radius 1 is 1.26 bits per heavy atom. The molecule has 0 saturated heterocycles. The summed E-state index contributed by atoms with van der Waals surface area (Å²) in [6, 6.07) is 8.74. The molecule has 1 N–H and O–H groups in total. The van der Waals surface area contributed by atoms with Gasteiger partial charge < -0.3 is 19.5 Å². The average molecular weight is 334 g/mol. The van der Waals surface area contributed by atoms with Crippen molar-refractivity contribution >= 4 is 17.5 Å². The van der Waals surface area contributed by atoms with Gasteiger partial charge in [-0.15, -0.1) is 0 Å². The molecule has 0 aromatic heterocycles. The van der Waals surface area contributed by atoms with Crippen LogP contribution in [-0.2, 0) is 6.54 Å². The van der Waals surface area contributed by atoms with E-state index in [0.717, 1.165) is 11.1 Å². The maximum atomic E-state index is 12.3. The Morgan fingerprint density at radius 3 is 2.83 bits per heavy atom. The zero-order valence-corrected chi connectivity index (χ0v) is 13.6. The maximum absolute atomic E-state index is 12.3. The molecule has 0 bridgehead atoms. The van der Waals surface area contributed by atoms with E-state index < -0.39 is 0 Å². The molecule has 0 saturated carbocycles. The van der Waals surface area contributed by atoms with Gasteiger partial charge in [0.05, 0.1) is 7.11 Å². The van der Waals surface area contributed by atoms with Crippen LogP contribution in [-0.4, -0.2) is 19.8 Å². The van der Waals surface area contributed by atoms with Crippen LogP contribution in [0.3, 0.4) is 0 Å². The molecular weight excluding hydrogens is 318 g/mol. The quantitative estimate of drug-likeness (QED) is 0.932. The number of hydrogen-bond acceptors (Lipinski definition) is 4. The van der Waals surface area contributed by atoms with Crippen molar-refractivity contribution in [3.8, 4) is 17.2 Å². The van der Waals surface area contributed by atoms with Gasteiger partial charge >= 0.3 is 0 Å². The lowest BCUT2D eigenvalue weighted by Crippen LogP contribution is -2.23. The van der Waals surface area contributed by atoms with Crippen molar-refractivity contribution in [3.63, 3.8) is 0 Å². The summed E-state index contributed by atoms with van der Waals surface area (Å²) in [5, 5.41) is 3.49. The molecule has 0 aliphatic carbocycles. The molecule has 0 radical (unpaired) electrons. The molecule has 0 fully saturated rings. The van der Waals surface area contributed by atoms with Crippen LogP contribution >= 0.6 is 11.6 Å². The minimum Gasteiger partial charge on any atom is -0.496 e. The van der Waals surface area contributed by atoms with Gasteiger partial charge in [-0.1, -0.05) is 11.6 Å². The fourth-order valence-corrected chi connectivity index (χ4v) is 2.53. The average Bonchev–Trinajstić information content (AvgIpc) is 3.02. The number of nitrogens with one attached hydrogen (secondary N) is 1. The molecule has 5 nitrogen and oxygen atoms in total. The van der Waals surface area contributed by atoms with E-state index in [2.05, 4.69) is 5.32 Å². The van der Waals surface area contributed by atoms with Gasteiger partial charge in [-0.05, 0) is 42.8 Å². The summed E-state index contributed by atoms with van der Waals surface area (Å²) >= 11 is 6.14. The molecule has 1 heterocycles. The van der Waals surface area contributed by atoms with Crippen molar-refractivity contribution in [3.05, 3.63) is 52.0 Å². The van der Waals surface area contributed by atoms with E-state index in [0.29, 0.717) is 34.4 Å². The SMILES string of the molecule is COc1cc(C)c(Cl)cc1CNC(=O)c1ccc2c(c1)OCO2. The van der Waals surface area contributed by atoms with E-state index in [4.69, 9.17) is 25.8 Å². The van der Waals surface area contributed by atoms with Crippen molar-refractivity contribution in [2.75, 3.05) is 13.9 Å². The molecule has 6 heteroatoms. The smallest absolute Gasteiger partial charge is 0.251 e. The Bertz CT molecular complexity index is 760. The molecule has 1 amide bonds. The number of benzene rings is 2. The summed E-state index contributed by atoms with van der Waals surface area (Å²) in [6.07, 6.45) is 0. The molecule has 0 atom stereocenters. The summed E-state index contributed by atoms with van der Waals surface area (Å²) in [4.78, 5) is 12.3. The summed E-state index contributed by atoms with van der Waals surface area (Å²) in [5.74, 6) is 1.71. The first-order chi connectivity index (χ1) is 11.1. The van der Waals surface area contributed by atoms with Gasteiger partial charge in [0, 0.05) is 22.7 Å². The van der Waals surface area contributed by atoms with E-state index >= 15 is 0 Å². The van der Waals surface area contributed by atoms with Crippen molar-refractivity contribution in [2.45, 2.75) is 13.5 Å². The molecule has 0 unspecified atom stereocenters. The predicted octanol–water partition coefficient (Wildman–Crippen LogP) is 3.32. The van der Waals surface area contributed by atoms with Crippen LogP contribution in [0.2, 0.25) is 5.02 Å². The van der Waals surface area contributed by atoms with E-state index in [-0.39, 0.29) is 12.7 Å². The normalized spacial score (nSPS) is 12.1. The van der Waals surface area contributed by atoms with Crippen molar-refractivity contribution in [1.82, 2.24) is 5.32 Å². The van der Waals surface area contributed by atoms with E-state index in [9.17, 15) is 4.79 Å². The van der Waals surface area contributed by atoms with E-state index in [1.54, 1.807) is 31.4 Å². The number of methoxy groups -OCH3 is 1. The summed E-state index contributed by atoms with van der Waals surface area (Å²) in [7, 11) is 1.59. The molecule has 2 aromatic carbocycles. The van der Waals surface area contributed by atoms with Crippen LogP contribution in [0.25, 0.3) is 0 Å². The number of fused-ring (bicyclic) bond motifs is 1. The third-order valence-corrected chi connectivity index (χ3v) is 4.04. The van der Waals surface area contributed by atoms with Crippen molar-refractivity contribution in [1.29, 1.82) is 0 Å². The van der Waals surface area contributed by atoms with E-state index in [1.165, 1.54) is 0 Å². The molecule has 23 heavy (non-hydrogen) atoms. The van der Waals surface area contributed by atoms with Crippen LogP contribution in [0.1, 0.15) is 21.5 Å². The van der Waals surface area contributed by atoms with Crippen LogP contribution in [0.5, 0.6) is 17.2 Å². The number of ether oxygens (including phenoxy) is 3. The van der Waals surface area contributed by atoms with Crippen LogP contribution in [0.4, 0.5) is 0 Å². The lowest BCUT2D eigenvalue weighted by molar-refractivity contribution is 0.0950. The lowest BCUT2D eigenvalue weighted by atomic mass is 10.1. The highest BCUT2D eigenvalue weighted by atomic mass is 35.5. The monoisotopic (exact) mass is 333 g/mol. The van der Waals surface area contributed by atoms with Gasteiger partial charge in [0.15, 0.2) is 11.5 Å². The first kappa shape index (κ1) is 15.5. The number of carbonyl (C=O) groups is 1. The molecule has 1 aliphatic heterocycles. The van der Waals surface area contributed by atoms with Crippen LogP contribution in [0.15, 0.2) is 30.3 Å². The van der Waals surface area contributed by atoms with Crippen LogP contribution in [0, 0.1) is 6.92 Å². The first-order valence-corrected chi connectivity index (χ1v) is 7.47. The second kappa shape index (κ2) is 6.38. The molecule has 1 aliphatic rings. The topological polar surface area (TPSA) is 56.8 Å². The first-order valence-electron chi connectivity index (χ1n) is 7.09. The highest BCUT2D eigenvalue weighted by Gasteiger charge is 2.16. The minimum atomic E-state index is -0.206. The van der Waals surface area contributed by atoms with E-state index in [1.807, 2.05) is 13.0 Å². The number of rotatable bonds is 4. The number of carbonyl (C=O) groups excluding carboxylic acids is 1. The Hall–Kier alpha value is -2.40. The van der Waals surface area contributed by atoms with Crippen LogP contribution < -0.4 is 19.5 Å². The van der Waals surface area contributed by atoms with Crippen molar-refractivity contribution in [2.24, 2.45) is 0 Å². The summed E-state index contributed by atoms with van der Waals surface area (Å²) < 4.78 is 15.8. The number of hydrogen-bond donors (Lipinski definition) is 1. The molecular formula is C17H16ClNO4. The number of amides is 1. The second-order valence-corrected chi connectivity index (χ2v) is 5.57. The van der Waals surface area contributed by atoms with Gasteiger partial charge in [0.25, 0.3) is 5.91 Å². The molecule has 0 spiro atoms.